The Morgan fingerprint density at radius 1 is 1.06 bits per heavy atom. The van der Waals surface area contributed by atoms with Gasteiger partial charge < -0.3 is 14.6 Å². The SMILES string of the molecule is Cc1cc2c(cc1Cc1ccc(C(=O)NC3CN4CCC3CC4)o1)C(C)(C)CCC2(C)C. The first-order valence-corrected chi connectivity index (χ1v) is 12.4. The normalized spacial score (nSPS) is 27.7. The predicted molar refractivity (Wildman–Crippen MR) is 128 cm³/mol. The summed E-state index contributed by atoms with van der Waals surface area (Å²) in [6.45, 7) is 15.0. The maximum absolute atomic E-state index is 12.8. The average molecular weight is 435 g/mol. The molecule has 1 amide bonds. The van der Waals surface area contributed by atoms with Gasteiger partial charge in [0.15, 0.2) is 5.76 Å². The molecule has 1 atom stereocenters. The Bertz CT molecular complexity index is 1020. The summed E-state index contributed by atoms with van der Waals surface area (Å²) in [6, 6.07) is 8.87. The molecule has 6 rings (SSSR count). The second-order valence-corrected chi connectivity index (χ2v) is 11.8. The van der Waals surface area contributed by atoms with Gasteiger partial charge in [0.05, 0.1) is 0 Å². The molecule has 4 heterocycles. The quantitative estimate of drug-likeness (QED) is 0.705. The van der Waals surface area contributed by atoms with Crippen molar-refractivity contribution in [2.75, 3.05) is 19.6 Å². The lowest BCUT2D eigenvalue weighted by molar-refractivity contribution is 0.0605. The average Bonchev–Trinajstić information content (AvgIpc) is 3.22. The topological polar surface area (TPSA) is 45.5 Å². The highest BCUT2D eigenvalue weighted by Gasteiger charge is 2.38. The molecule has 0 saturated carbocycles. The number of rotatable bonds is 4. The Kier molecular flexibility index (Phi) is 5.28. The van der Waals surface area contributed by atoms with Crippen molar-refractivity contribution in [1.29, 1.82) is 0 Å². The monoisotopic (exact) mass is 434 g/mol. The fraction of sp³-hybridized carbons (Fsp3) is 0.607. The summed E-state index contributed by atoms with van der Waals surface area (Å²) in [4.78, 5) is 15.3. The van der Waals surface area contributed by atoms with E-state index in [1.807, 2.05) is 12.1 Å². The fourth-order valence-corrected chi connectivity index (χ4v) is 6.11. The summed E-state index contributed by atoms with van der Waals surface area (Å²) in [5.74, 6) is 1.85. The maximum atomic E-state index is 12.8. The zero-order chi connectivity index (χ0) is 22.7. The molecule has 3 aliphatic heterocycles. The lowest BCUT2D eigenvalue weighted by atomic mass is 9.62. The molecule has 0 radical (unpaired) electrons. The minimum atomic E-state index is -0.0694. The molecule has 4 nitrogen and oxygen atoms in total. The summed E-state index contributed by atoms with van der Waals surface area (Å²) in [6.07, 6.45) is 5.54. The number of hydrogen-bond donors (Lipinski definition) is 1. The lowest BCUT2D eigenvalue weighted by Crippen LogP contribution is -2.57. The largest absolute Gasteiger partial charge is 0.456 e. The standard InChI is InChI=1S/C28H38N2O2/c1-18-14-22-23(28(4,5)11-10-27(22,2)3)16-20(18)15-21-6-7-25(32-21)26(31)29-24-17-30-12-8-19(24)9-13-30/h6-7,14,16,19,24H,8-13,15,17H2,1-5H3,(H,29,31). The van der Waals surface area contributed by atoms with E-state index in [9.17, 15) is 4.79 Å². The molecule has 2 bridgehead atoms. The number of benzene rings is 1. The van der Waals surface area contributed by atoms with Crippen molar-refractivity contribution in [2.45, 2.75) is 83.6 Å². The van der Waals surface area contributed by atoms with Crippen LogP contribution in [0.4, 0.5) is 0 Å². The van der Waals surface area contributed by atoms with Crippen LogP contribution in [0.1, 0.15) is 91.9 Å². The smallest absolute Gasteiger partial charge is 0.287 e. The Labute approximate surface area is 192 Å². The van der Waals surface area contributed by atoms with Gasteiger partial charge in [0.2, 0.25) is 0 Å². The number of amides is 1. The van der Waals surface area contributed by atoms with Crippen molar-refractivity contribution < 1.29 is 9.21 Å². The Balaban J connectivity index is 1.33. The highest BCUT2D eigenvalue weighted by molar-refractivity contribution is 5.91. The third-order valence-corrected chi connectivity index (χ3v) is 8.53. The van der Waals surface area contributed by atoms with E-state index in [0.29, 0.717) is 11.7 Å². The lowest BCUT2D eigenvalue weighted by Gasteiger charge is -2.44. The number of furan rings is 1. The third kappa shape index (κ3) is 3.91. The molecule has 3 fully saturated rings. The van der Waals surface area contributed by atoms with E-state index in [1.165, 1.54) is 61.0 Å². The molecule has 4 aliphatic rings. The van der Waals surface area contributed by atoms with Crippen LogP contribution in [0.2, 0.25) is 0 Å². The van der Waals surface area contributed by atoms with Gasteiger partial charge in [-0.3, -0.25) is 4.79 Å². The number of fused-ring (bicyclic) bond motifs is 4. The molecule has 1 N–H and O–H groups in total. The van der Waals surface area contributed by atoms with Gasteiger partial charge in [-0.1, -0.05) is 39.8 Å². The van der Waals surface area contributed by atoms with Crippen LogP contribution in [0.3, 0.4) is 0 Å². The predicted octanol–water partition coefficient (Wildman–Crippen LogP) is 5.35. The number of nitrogens with one attached hydrogen (secondary N) is 1. The van der Waals surface area contributed by atoms with Crippen LogP contribution < -0.4 is 5.32 Å². The third-order valence-electron chi connectivity index (χ3n) is 8.53. The van der Waals surface area contributed by atoms with Crippen LogP contribution in [0.5, 0.6) is 0 Å². The molecule has 0 spiro atoms. The second-order valence-electron chi connectivity index (χ2n) is 11.8. The van der Waals surface area contributed by atoms with Crippen LogP contribution in [0.25, 0.3) is 0 Å². The van der Waals surface area contributed by atoms with Crippen molar-refractivity contribution >= 4 is 5.91 Å². The van der Waals surface area contributed by atoms with E-state index in [2.05, 4.69) is 57.0 Å². The van der Waals surface area contributed by atoms with Crippen LogP contribution in [0, 0.1) is 12.8 Å². The molecule has 32 heavy (non-hydrogen) atoms. The van der Waals surface area contributed by atoms with Crippen LogP contribution in [-0.4, -0.2) is 36.5 Å². The minimum absolute atomic E-state index is 0.0694. The first-order chi connectivity index (χ1) is 15.1. The second kappa shape index (κ2) is 7.76. The highest BCUT2D eigenvalue weighted by atomic mass is 16.3. The fourth-order valence-electron chi connectivity index (χ4n) is 6.11. The molecule has 1 unspecified atom stereocenters. The van der Waals surface area contributed by atoms with Gasteiger partial charge in [-0.2, -0.15) is 0 Å². The first kappa shape index (κ1) is 21.8. The number of hydrogen-bond acceptors (Lipinski definition) is 3. The Hall–Kier alpha value is -2.07. The number of nitrogens with zero attached hydrogens (tertiary/aromatic N) is 1. The van der Waals surface area contributed by atoms with E-state index < -0.39 is 0 Å². The zero-order valence-electron chi connectivity index (χ0n) is 20.4. The van der Waals surface area contributed by atoms with Gasteiger partial charge in [-0.05, 0) is 96.8 Å². The Morgan fingerprint density at radius 3 is 2.34 bits per heavy atom. The van der Waals surface area contributed by atoms with Gasteiger partial charge in [0.1, 0.15) is 5.76 Å². The van der Waals surface area contributed by atoms with E-state index in [1.54, 1.807) is 0 Å². The first-order valence-electron chi connectivity index (χ1n) is 12.4. The van der Waals surface area contributed by atoms with Gasteiger partial charge in [0.25, 0.3) is 5.91 Å². The summed E-state index contributed by atoms with van der Waals surface area (Å²) in [5, 5.41) is 3.24. The molecule has 1 aromatic carbocycles. The van der Waals surface area contributed by atoms with E-state index in [4.69, 9.17) is 4.42 Å². The number of piperidine rings is 3. The van der Waals surface area contributed by atoms with Gasteiger partial charge in [-0.15, -0.1) is 0 Å². The van der Waals surface area contributed by atoms with Crippen LogP contribution in [0.15, 0.2) is 28.7 Å². The van der Waals surface area contributed by atoms with Crippen LogP contribution in [-0.2, 0) is 17.3 Å². The molecule has 1 aliphatic carbocycles. The summed E-state index contributed by atoms with van der Waals surface area (Å²) in [7, 11) is 0. The van der Waals surface area contributed by atoms with Gasteiger partial charge >= 0.3 is 0 Å². The molecule has 4 heteroatoms. The van der Waals surface area contributed by atoms with Crippen molar-refractivity contribution in [1.82, 2.24) is 10.2 Å². The van der Waals surface area contributed by atoms with Crippen molar-refractivity contribution in [3.63, 3.8) is 0 Å². The van der Waals surface area contributed by atoms with E-state index in [-0.39, 0.29) is 22.8 Å². The van der Waals surface area contributed by atoms with Crippen molar-refractivity contribution in [3.05, 3.63) is 58.0 Å². The molecule has 3 saturated heterocycles. The molecular weight excluding hydrogens is 396 g/mol. The molecular formula is C28H38N2O2. The maximum Gasteiger partial charge on any atom is 0.287 e. The number of carbonyl (C=O) groups is 1. The summed E-state index contributed by atoms with van der Waals surface area (Å²) in [5.41, 5.74) is 5.99. The molecule has 2 aromatic rings. The number of aryl methyl sites for hydroxylation is 1. The van der Waals surface area contributed by atoms with Gasteiger partial charge in [0, 0.05) is 19.0 Å². The van der Waals surface area contributed by atoms with E-state index >= 15 is 0 Å². The van der Waals surface area contributed by atoms with Crippen LogP contribution >= 0.6 is 0 Å². The summed E-state index contributed by atoms with van der Waals surface area (Å²) < 4.78 is 6.04. The van der Waals surface area contributed by atoms with Crippen molar-refractivity contribution in [3.8, 4) is 0 Å². The highest BCUT2D eigenvalue weighted by Crippen LogP contribution is 2.46. The zero-order valence-corrected chi connectivity index (χ0v) is 20.4. The van der Waals surface area contributed by atoms with Gasteiger partial charge in [-0.25, -0.2) is 0 Å². The van der Waals surface area contributed by atoms with Crippen molar-refractivity contribution in [2.24, 2.45) is 5.92 Å². The summed E-state index contributed by atoms with van der Waals surface area (Å²) >= 11 is 0. The minimum Gasteiger partial charge on any atom is -0.456 e. The number of carbonyl (C=O) groups excluding carboxylic acids is 1. The Morgan fingerprint density at radius 2 is 1.72 bits per heavy atom. The molecule has 1 aromatic heterocycles. The van der Waals surface area contributed by atoms with E-state index in [0.717, 1.165) is 18.7 Å². The molecule has 172 valence electrons.